The van der Waals surface area contributed by atoms with E-state index < -0.39 is 11.0 Å². The normalized spacial score (nSPS) is 12.4. The van der Waals surface area contributed by atoms with Gasteiger partial charge in [-0.3, -0.25) is 10.1 Å². The molecule has 0 aliphatic carbocycles. The molecule has 16 heavy (non-hydrogen) atoms. The number of nitrogens with zero attached hydrogens (tertiary/aromatic N) is 1. The summed E-state index contributed by atoms with van der Waals surface area (Å²) in [7, 11) is 0. The summed E-state index contributed by atoms with van der Waals surface area (Å²) < 4.78 is 0. The van der Waals surface area contributed by atoms with Gasteiger partial charge in [-0.1, -0.05) is 11.6 Å². The second-order valence-corrected chi connectivity index (χ2v) is 3.95. The molecule has 88 valence electrons. The van der Waals surface area contributed by atoms with E-state index in [1.165, 1.54) is 12.1 Å². The molecule has 0 spiro atoms. The molecule has 1 unspecified atom stereocenters. The zero-order valence-electron chi connectivity index (χ0n) is 8.81. The minimum atomic E-state index is -0.488. The van der Waals surface area contributed by atoms with E-state index in [2.05, 4.69) is 5.32 Å². The van der Waals surface area contributed by atoms with Crippen molar-refractivity contribution >= 4 is 17.3 Å². The van der Waals surface area contributed by atoms with E-state index in [0.29, 0.717) is 23.7 Å². The van der Waals surface area contributed by atoms with Crippen LogP contribution in [0.3, 0.4) is 0 Å². The fourth-order valence-electron chi connectivity index (χ4n) is 1.29. The molecule has 5 nitrogen and oxygen atoms in total. The van der Waals surface area contributed by atoms with Crippen LogP contribution in [-0.4, -0.2) is 22.7 Å². The van der Waals surface area contributed by atoms with E-state index in [0.717, 1.165) is 0 Å². The summed E-state index contributed by atoms with van der Waals surface area (Å²) in [6.45, 7) is 2.32. The topological polar surface area (TPSA) is 75.4 Å². The Hall–Kier alpha value is -1.17. The number of benzene rings is 1. The number of hydrogen-bond acceptors (Lipinski definition) is 4. The molecule has 0 heterocycles. The zero-order chi connectivity index (χ0) is 12.1. The van der Waals surface area contributed by atoms with Crippen LogP contribution in [0.15, 0.2) is 18.2 Å². The highest BCUT2D eigenvalue weighted by atomic mass is 35.5. The Morgan fingerprint density at radius 2 is 2.31 bits per heavy atom. The quantitative estimate of drug-likeness (QED) is 0.611. The molecule has 1 rings (SSSR count). The third kappa shape index (κ3) is 3.77. The lowest BCUT2D eigenvalue weighted by Gasteiger charge is -2.07. The molecule has 0 radical (unpaired) electrons. The number of halogens is 1. The van der Waals surface area contributed by atoms with Gasteiger partial charge in [-0.2, -0.15) is 0 Å². The third-order valence-electron chi connectivity index (χ3n) is 1.99. The van der Waals surface area contributed by atoms with Gasteiger partial charge < -0.3 is 10.4 Å². The summed E-state index contributed by atoms with van der Waals surface area (Å²) in [6, 6.07) is 4.41. The van der Waals surface area contributed by atoms with E-state index >= 15 is 0 Å². The van der Waals surface area contributed by atoms with Crippen LogP contribution in [-0.2, 0) is 6.54 Å². The van der Waals surface area contributed by atoms with E-state index in [4.69, 9.17) is 16.7 Å². The first-order valence-electron chi connectivity index (χ1n) is 4.82. The van der Waals surface area contributed by atoms with E-state index in [-0.39, 0.29) is 5.69 Å². The summed E-state index contributed by atoms with van der Waals surface area (Å²) in [5, 5.41) is 23.1. The van der Waals surface area contributed by atoms with Crippen LogP contribution in [0.2, 0.25) is 5.02 Å². The predicted molar refractivity (Wildman–Crippen MR) is 61.5 cm³/mol. The first-order chi connectivity index (χ1) is 7.50. The van der Waals surface area contributed by atoms with E-state index in [1.807, 2.05) is 0 Å². The summed E-state index contributed by atoms with van der Waals surface area (Å²) in [6.07, 6.45) is -0.488. The molecule has 2 N–H and O–H groups in total. The van der Waals surface area contributed by atoms with Crippen molar-refractivity contribution in [3.63, 3.8) is 0 Å². The molecule has 0 fully saturated rings. The second-order valence-electron chi connectivity index (χ2n) is 3.51. The number of nitro groups is 1. The molecular weight excluding hydrogens is 232 g/mol. The molecule has 1 atom stereocenters. The summed E-state index contributed by atoms with van der Waals surface area (Å²) >= 11 is 5.76. The van der Waals surface area contributed by atoms with Crippen LogP contribution < -0.4 is 5.32 Å². The number of rotatable bonds is 5. The number of hydrogen-bond donors (Lipinski definition) is 2. The fourth-order valence-corrected chi connectivity index (χ4v) is 1.48. The van der Waals surface area contributed by atoms with Gasteiger partial charge in [-0.15, -0.1) is 0 Å². The van der Waals surface area contributed by atoms with Crippen molar-refractivity contribution in [1.82, 2.24) is 5.32 Å². The van der Waals surface area contributed by atoms with Crippen LogP contribution in [0.5, 0.6) is 0 Å². The Kier molecular flexibility index (Phi) is 4.67. The second kappa shape index (κ2) is 5.79. The lowest BCUT2D eigenvalue weighted by molar-refractivity contribution is -0.385. The highest BCUT2D eigenvalue weighted by Crippen LogP contribution is 2.22. The van der Waals surface area contributed by atoms with Crippen molar-refractivity contribution in [2.24, 2.45) is 0 Å². The van der Waals surface area contributed by atoms with Crippen LogP contribution in [0.4, 0.5) is 5.69 Å². The van der Waals surface area contributed by atoms with Gasteiger partial charge >= 0.3 is 0 Å². The van der Waals surface area contributed by atoms with Gasteiger partial charge in [0, 0.05) is 29.7 Å². The van der Waals surface area contributed by atoms with Crippen molar-refractivity contribution in [1.29, 1.82) is 0 Å². The molecule has 6 heteroatoms. The maximum absolute atomic E-state index is 10.7. The lowest BCUT2D eigenvalue weighted by atomic mass is 10.2. The van der Waals surface area contributed by atoms with Crippen molar-refractivity contribution in [3.05, 3.63) is 38.9 Å². The summed E-state index contributed by atoms with van der Waals surface area (Å²) in [4.78, 5) is 10.3. The van der Waals surface area contributed by atoms with Gasteiger partial charge in [0.1, 0.15) is 0 Å². The van der Waals surface area contributed by atoms with Crippen molar-refractivity contribution in [3.8, 4) is 0 Å². The first kappa shape index (κ1) is 12.9. The maximum Gasteiger partial charge on any atom is 0.273 e. The zero-order valence-corrected chi connectivity index (χ0v) is 9.57. The van der Waals surface area contributed by atoms with Crippen molar-refractivity contribution in [2.75, 3.05) is 6.54 Å². The Morgan fingerprint density at radius 3 is 2.88 bits per heavy atom. The highest BCUT2D eigenvalue weighted by molar-refractivity contribution is 6.30. The van der Waals surface area contributed by atoms with Crippen molar-refractivity contribution < 1.29 is 10.0 Å². The number of aliphatic hydroxyl groups excluding tert-OH is 1. The molecule has 0 saturated carbocycles. The van der Waals surface area contributed by atoms with Gasteiger partial charge in [-0.25, -0.2) is 0 Å². The summed E-state index contributed by atoms with van der Waals surface area (Å²) in [5.74, 6) is 0. The Labute approximate surface area is 98.2 Å². The fraction of sp³-hybridized carbons (Fsp3) is 0.400. The predicted octanol–water partition coefficient (Wildman–Crippen LogP) is 1.72. The maximum atomic E-state index is 10.7. The SMILES string of the molecule is CC(O)CNCc1cc(Cl)ccc1[N+](=O)[O-]. The largest absolute Gasteiger partial charge is 0.392 e. The average Bonchev–Trinajstić information content (AvgIpc) is 2.16. The minimum Gasteiger partial charge on any atom is -0.392 e. The Bertz CT molecular complexity index is 382. The van der Waals surface area contributed by atoms with Crippen LogP contribution >= 0.6 is 11.6 Å². The first-order valence-corrected chi connectivity index (χ1v) is 5.20. The number of nitrogens with one attached hydrogen (secondary N) is 1. The molecule has 0 aliphatic heterocycles. The number of nitro benzene ring substituents is 1. The summed E-state index contributed by atoms with van der Waals surface area (Å²) in [5.41, 5.74) is 0.542. The monoisotopic (exact) mass is 244 g/mol. The molecule has 0 bridgehead atoms. The molecule has 0 amide bonds. The van der Waals surface area contributed by atoms with E-state index in [9.17, 15) is 10.1 Å². The lowest BCUT2D eigenvalue weighted by Crippen LogP contribution is -2.24. The molecule has 1 aromatic carbocycles. The Morgan fingerprint density at radius 1 is 1.62 bits per heavy atom. The third-order valence-corrected chi connectivity index (χ3v) is 2.23. The average molecular weight is 245 g/mol. The molecule has 0 aliphatic rings. The minimum absolute atomic E-state index is 0.0301. The van der Waals surface area contributed by atoms with Crippen molar-refractivity contribution in [2.45, 2.75) is 19.6 Å². The van der Waals surface area contributed by atoms with Crippen LogP contribution in [0.1, 0.15) is 12.5 Å². The Balaban J connectivity index is 2.76. The highest BCUT2D eigenvalue weighted by Gasteiger charge is 2.13. The van der Waals surface area contributed by atoms with Gasteiger partial charge in [0.15, 0.2) is 0 Å². The van der Waals surface area contributed by atoms with Gasteiger partial charge in [-0.05, 0) is 19.1 Å². The molecule has 0 saturated heterocycles. The van der Waals surface area contributed by atoms with Gasteiger partial charge in [0.2, 0.25) is 0 Å². The molecule has 1 aromatic rings. The smallest absolute Gasteiger partial charge is 0.273 e. The standard InChI is InChI=1S/C10H13ClN2O3/c1-7(14)5-12-6-8-4-9(11)2-3-10(8)13(15)16/h2-4,7,12,14H,5-6H2,1H3. The van der Waals surface area contributed by atoms with E-state index in [1.54, 1.807) is 13.0 Å². The molecular formula is C10H13ClN2O3. The van der Waals surface area contributed by atoms with Crippen LogP contribution in [0, 0.1) is 10.1 Å². The van der Waals surface area contributed by atoms with Crippen LogP contribution in [0.25, 0.3) is 0 Å². The van der Waals surface area contributed by atoms with Gasteiger partial charge in [0.05, 0.1) is 11.0 Å². The molecule has 0 aromatic heterocycles. The van der Waals surface area contributed by atoms with Gasteiger partial charge in [0.25, 0.3) is 5.69 Å². The number of aliphatic hydroxyl groups is 1.